The van der Waals surface area contributed by atoms with Crippen LogP contribution in [0.4, 0.5) is 4.39 Å². The van der Waals surface area contributed by atoms with E-state index in [1.54, 1.807) is 0 Å². The number of amides is 1. The molecule has 1 atom stereocenters. The van der Waals surface area contributed by atoms with Crippen LogP contribution in [0.15, 0.2) is 48.5 Å². The summed E-state index contributed by atoms with van der Waals surface area (Å²) in [5.41, 5.74) is 1.24. The lowest BCUT2D eigenvalue weighted by molar-refractivity contribution is 0.0934. The van der Waals surface area contributed by atoms with Crippen molar-refractivity contribution >= 4 is 17.5 Å². The van der Waals surface area contributed by atoms with Crippen molar-refractivity contribution in [2.45, 2.75) is 25.8 Å². The van der Waals surface area contributed by atoms with E-state index in [-0.39, 0.29) is 16.6 Å². The molecule has 0 aromatic heterocycles. The smallest absolute Gasteiger partial charge is 0.254 e. The lowest BCUT2D eigenvalue weighted by Crippen LogP contribution is -2.33. The van der Waals surface area contributed by atoms with Gasteiger partial charge in [-0.05, 0) is 43.5 Å². The van der Waals surface area contributed by atoms with Crippen LogP contribution in [-0.4, -0.2) is 11.9 Å². The first kappa shape index (κ1) is 15.5. The van der Waals surface area contributed by atoms with Crippen LogP contribution in [0, 0.1) is 5.82 Å². The second-order valence-electron chi connectivity index (χ2n) is 5.02. The van der Waals surface area contributed by atoms with Gasteiger partial charge in [-0.15, -0.1) is 0 Å². The van der Waals surface area contributed by atoms with Crippen molar-refractivity contribution in [2.24, 2.45) is 0 Å². The summed E-state index contributed by atoms with van der Waals surface area (Å²) in [6, 6.07) is 14.1. The summed E-state index contributed by atoms with van der Waals surface area (Å²) in [4.78, 5) is 12.0. The van der Waals surface area contributed by atoms with Gasteiger partial charge in [-0.25, -0.2) is 4.39 Å². The molecule has 0 bridgehead atoms. The topological polar surface area (TPSA) is 29.1 Å². The first-order valence-corrected chi connectivity index (χ1v) is 7.24. The van der Waals surface area contributed by atoms with Gasteiger partial charge in [0.1, 0.15) is 5.82 Å². The summed E-state index contributed by atoms with van der Waals surface area (Å²) in [6.07, 6.45) is 1.66. The van der Waals surface area contributed by atoms with Crippen molar-refractivity contribution in [1.29, 1.82) is 0 Å². The number of aryl methyl sites for hydroxylation is 1. The van der Waals surface area contributed by atoms with Crippen molar-refractivity contribution in [3.63, 3.8) is 0 Å². The molecule has 0 spiro atoms. The maximum absolute atomic E-state index is 13.7. The Bertz CT molecular complexity index is 615. The van der Waals surface area contributed by atoms with Gasteiger partial charge in [0.25, 0.3) is 5.91 Å². The third kappa shape index (κ3) is 4.57. The van der Waals surface area contributed by atoms with Crippen molar-refractivity contribution in [3.05, 3.63) is 70.5 Å². The summed E-state index contributed by atoms with van der Waals surface area (Å²) in [5.74, 6) is -1.01. The molecule has 21 heavy (non-hydrogen) atoms. The number of nitrogens with one attached hydrogen (secondary N) is 1. The second-order valence-corrected chi connectivity index (χ2v) is 5.46. The summed E-state index contributed by atoms with van der Waals surface area (Å²) >= 11 is 5.67. The Morgan fingerprint density at radius 1 is 1.24 bits per heavy atom. The quantitative estimate of drug-likeness (QED) is 0.880. The second kappa shape index (κ2) is 7.23. The SMILES string of the molecule is C[C@H](CCc1ccccc1)NC(=O)c1ccc(Cl)cc1F. The number of benzene rings is 2. The molecule has 0 saturated carbocycles. The molecule has 0 saturated heterocycles. The lowest BCUT2D eigenvalue weighted by atomic mass is 10.1. The molecule has 2 aromatic rings. The fourth-order valence-corrected chi connectivity index (χ4v) is 2.23. The molecule has 0 fully saturated rings. The molecule has 0 unspecified atom stereocenters. The van der Waals surface area contributed by atoms with Crippen LogP contribution in [0.5, 0.6) is 0 Å². The Kier molecular flexibility index (Phi) is 5.34. The van der Waals surface area contributed by atoms with E-state index < -0.39 is 11.7 Å². The Morgan fingerprint density at radius 2 is 1.95 bits per heavy atom. The van der Waals surface area contributed by atoms with Crippen molar-refractivity contribution < 1.29 is 9.18 Å². The van der Waals surface area contributed by atoms with Crippen LogP contribution < -0.4 is 5.32 Å². The van der Waals surface area contributed by atoms with Crippen molar-refractivity contribution in [2.75, 3.05) is 0 Å². The van der Waals surface area contributed by atoms with E-state index in [1.165, 1.54) is 17.7 Å². The Labute approximate surface area is 128 Å². The largest absolute Gasteiger partial charge is 0.349 e. The minimum atomic E-state index is -0.602. The Balaban J connectivity index is 1.90. The zero-order chi connectivity index (χ0) is 15.2. The number of carbonyl (C=O) groups is 1. The first-order valence-electron chi connectivity index (χ1n) is 6.86. The van der Waals surface area contributed by atoms with Crippen LogP contribution >= 0.6 is 11.6 Å². The number of hydrogen-bond acceptors (Lipinski definition) is 1. The van der Waals surface area contributed by atoms with Crippen LogP contribution in [-0.2, 0) is 6.42 Å². The highest BCUT2D eigenvalue weighted by molar-refractivity contribution is 6.30. The molecule has 1 amide bonds. The number of hydrogen-bond donors (Lipinski definition) is 1. The average molecular weight is 306 g/mol. The Hall–Kier alpha value is -1.87. The normalized spacial score (nSPS) is 12.0. The van der Waals surface area contributed by atoms with E-state index in [0.29, 0.717) is 0 Å². The highest BCUT2D eigenvalue weighted by atomic mass is 35.5. The monoisotopic (exact) mass is 305 g/mol. The minimum absolute atomic E-state index is 0.0194. The molecule has 0 aliphatic carbocycles. The fourth-order valence-electron chi connectivity index (χ4n) is 2.08. The van der Waals surface area contributed by atoms with Crippen LogP contribution in [0.25, 0.3) is 0 Å². The van der Waals surface area contributed by atoms with Crippen LogP contribution in [0.2, 0.25) is 5.02 Å². The highest BCUT2D eigenvalue weighted by Gasteiger charge is 2.14. The predicted molar refractivity (Wildman–Crippen MR) is 83.1 cm³/mol. The van der Waals surface area contributed by atoms with Gasteiger partial charge in [-0.3, -0.25) is 4.79 Å². The minimum Gasteiger partial charge on any atom is -0.349 e. The molecule has 0 heterocycles. The predicted octanol–water partition coefficient (Wildman–Crippen LogP) is 4.23. The van der Waals surface area contributed by atoms with Crippen LogP contribution in [0.1, 0.15) is 29.3 Å². The molecular formula is C17H17ClFNO. The van der Waals surface area contributed by atoms with Crippen molar-refractivity contribution in [3.8, 4) is 0 Å². The van der Waals surface area contributed by atoms with E-state index in [4.69, 9.17) is 11.6 Å². The molecule has 2 rings (SSSR count). The summed E-state index contributed by atoms with van der Waals surface area (Å²) in [5, 5.41) is 3.08. The van der Waals surface area contributed by atoms with Gasteiger partial charge in [0.05, 0.1) is 5.56 Å². The van der Waals surface area contributed by atoms with E-state index in [0.717, 1.165) is 18.9 Å². The number of carbonyl (C=O) groups excluding carboxylic acids is 1. The van der Waals surface area contributed by atoms with E-state index in [2.05, 4.69) is 5.32 Å². The number of rotatable bonds is 5. The van der Waals surface area contributed by atoms with Gasteiger partial charge in [-0.1, -0.05) is 41.9 Å². The third-order valence-corrected chi connectivity index (χ3v) is 3.50. The van der Waals surface area contributed by atoms with Gasteiger partial charge in [-0.2, -0.15) is 0 Å². The average Bonchev–Trinajstić information content (AvgIpc) is 2.46. The van der Waals surface area contributed by atoms with Gasteiger partial charge in [0, 0.05) is 11.1 Å². The molecule has 110 valence electrons. The van der Waals surface area contributed by atoms with Gasteiger partial charge >= 0.3 is 0 Å². The van der Waals surface area contributed by atoms with Crippen LogP contribution in [0.3, 0.4) is 0 Å². The van der Waals surface area contributed by atoms with Gasteiger partial charge in [0.2, 0.25) is 0 Å². The van der Waals surface area contributed by atoms with E-state index >= 15 is 0 Å². The molecule has 1 N–H and O–H groups in total. The molecule has 2 nitrogen and oxygen atoms in total. The summed E-state index contributed by atoms with van der Waals surface area (Å²) in [6.45, 7) is 1.91. The molecular weight excluding hydrogens is 289 g/mol. The molecule has 0 aliphatic heterocycles. The maximum atomic E-state index is 13.7. The van der Waals surface area contributed by atoms with E-state index in [1.807, 2.05) is 37.3 Å². The molecule has 4 heteroatoms. The first-order chi connectivity index (χ1) is 10.1. The number of halogens is 2. The maximum Gasteiger partial charge on any atom is 0.254 e. The van der Waals surface area contributed by atoms with Gasteiger partial charge < -0.3 is 5.32 Å². The highest BCUT2D eigenvalue weighted by Crippen LogP contribution is 2.15. The Morgan fingerprint density at radius 3 is 2.62 bits per heavy atom. The zero-order valence-electron chi connectivity index (χ0n) is 11.8. The molecule has 0 radical (unpaired) electrons. The standard InChI is InChI=1S/C17H17ClFNO/c1-12(7-8-13-5-3-2-4-6-13)20-17(21)15-10-9-14(18)11-16(15)19/h2-6,9-12H,7-8H2,1H3,(H,20,21)/t12-/m1/s1. The lowest BCUT2D eigenvalue weighted by Gasteiger charge is -2.14. The molecule has 2 aromatic carbocycles. The third-order valence-electron chi connectivity index (χ3n) is 3.26. The molecule has 0 aliphatic rings. The summed E-state index contributed by atoms with van der Waals surface area (Å²) < 4.78 is 13.7. The van der Waals surface area contributed by atoms with Crippen molar-refractivity contribution in [1.82, 2.24) is 5.32 Å². The fraction of sp³-hybridized carbons (Fsp3) is 0.235. The van der Waals surface area contributed by atoms with E-state index in [9.17, 15) is 9.18 Å². The summed E-state index contributed by atoms with van der Waals surface area (Å²) in [7, 11) is 0. The van der Waals surface area contributed by atoms with Gasteiger partial charge in [0.15, 0.2) is 0 Å². The zero-order valence-corrected chi connectivity index (χ0v) is 12.5.